The van der Waals surface area contributed by atoms with E-state index >= 15 is 0 Å². The van der Waals surface area contributed by atoms with Gasteiger partial charge in [0.25, 0.3) is 0 Å². The van der Waals surface area contributed by atoms with Crippen molar-refractivity contribution in [3.05, 3.63) is 35.9 Å². The lowest BCUT2D eigenvalue weighted by molar-refractivity contribution is -0.126. The van der Waals surface area contributed by atoms with Crippen LogP contribution >= 0.6 is 0 Å². The lowest BCUT2D eigenvalue weighted by Gasteiger charge is -2.21. The second-order valence-electron chi connectivity index (χ2n) is 6.55. The third kappa shape index (κ3) is 9.33. The Morgan fingerprint density at radius 1 is 0.920 bits per heavy atom. The Hall–Kier alpha value is -1.77. The number of benzene rings is 1. The molecule has 0 radical (unpaired) electrons. The van der Waals surface area contributed by atoms with E-state index in [9.17, 15) is 4.79 Å². The molecule has 1 aromatic carbocycles. The summed E-state index contributed by atoms with van der Waals surface area (Å²) in [4.78, 5) is 14.6. The summed E-state index contributed by atoms with van der Waals surface area (Å²) in [5.74, 6) is 0.959. The first kappa shape index (κ1) is 21.3. The molecule has 1 amide bonds. The molecule has 0 N–H and O–H groups in total. The van der Waals surface area contributed by atoms with E-state index in [0.29, 0.717) is 0 Å². The topological polar surface area (TPSA) is 29.5 Å². The van der Waals surface area contributed by atoms with Gasteiger partial charge in [-0.1, -0.05) is 64.5 Å². The van der Waals surface area contributed by atoms with Crippen molar-refractivity contribution in [2.45, 2.75) is 65.2 Å². The van der Waals surface area contributed by atoms with E-state index in [1.165, 1.54) is 38.5 Å². The van der Waals surface area contributed by atoms with E-state index in [0.717, 1.165) is 37.2 Å². The molecule has 0 saturated carbocycles. The van der Waals surface area contributed by atoms with Gasteiger partial charge in [0.15, 0.2) is 0 Å². The average molecular weight is 346 g/mol. The zero-order valence-electron chi connectivity index (χ0n) is 16.3. The van der Waals surface area contributed by atoms with Crippen molar-refractivity contribution in [1.82, 2.24) is 4.90 Å². The third-order valence-corrected chi connectivity index (χ3v) is 4.41. The van der Waals surface area contributed by atoms with E-state index in [-0.39, 0.29) is 5.91 Å². The molecule has 0 atom stereocenters. The fourth-order valence-electron chi connectivity index (χ4n) is 2.78. The van der Waals surface area contributed by atoms with Crippen LogP contribution < -0.4 is 4.74 Å². The molecule has 0 heterocycles. The number of amides is 1. The zero-order valence-corrected chi connectivity index (χ0v) is 16.3. The average Bonchev–Trinajstić information content (AvgIpc) is 2.65. The van der Waals surface area contributed by atoms with Crippen LogP contribution in [0.2, 0.25) is 0 Å². The van der Waals surface area contributed by atoms with Crippen molar-refractivity contribution in [2.24, 2.45) is 0 Å². The van der Waals surface area contributed by atoms with Gasteiger partial charge in [-0.15, -0.1) is 0 Å². The van der Waals surface area contributed by atoms with Gasteiger partial charge in [0.1, 0.15) is 5.75 Å². The summed E-state index contributed by atoms with van der Waals surface area (Å²) in [6, 6.07) is 7.76. The van der Waals surface area contributed by atoms with E-state index < -0.39 is 0 Å². The second-order valence-corrected chi connectivity index (χ2v) is 6.55. The molecule has 0 bridgehead atoms. The quantitative estimate of drug-likeness (QED) is 0.339. The number of rotatable bonds is 13. The summed E-state index contributed by atoms with van der Waals surface area (Å²) in [7, 11) is 1.66. The molecule has 0 aliphatic heterocycles. The van der Waals surface area contributed by atoms with Crippen LogP contribution in [0.25, 0.3) is 6.08 Å². The molecule has 0 aromatic heterocycles. The summed E-state index contributed by atoms with van der Waals surface area (Å²) >= 11 is 0. The summed E-state index contributed by atoms with van der Waals surface area (Å²) in [5, 5.41) is 0. The van der Waals surface area contributed by atoms with Crippen molar-refractivity contribution in [2.75, 3.05) is 20.2 Å². The summed E-state index contributed by atoms with van der Waals surface area (Å²) < 4.78 is 5.16. The number of carbonyl (C=O) groups is 1. The smallest absolute Gasteiger partial charge is 0.246 e. The molecule has 1 aromatic rings. The number of hydrogen-bond acceptors (Lipinski definition) is 2. The number of carbonyl (C=O) groups excluding carboxylic acids is 1. The number of nitrogens with zero attached hydrogens (tertiary/aromatic N) is 1. The summed E-state index contributed by atoms with van der Waals surface area (Å²) in [6.45, 7) is 6.17. The van der Waals surface area contributed by atoms with E-state index in [4.69, 9.17) is 4.74 Å². The normalized spacial score (nSPS) is 11.0. The first-order valence-corrected chi connectivity index (χ1v) is 9.82. The molecule has 0 aliphatic carbocycles. The van der Waals surface area contributed by atoms with Gasteiger partial charge in [-0.05, 0) is 36.6 Å². The number of methoxy groups -OCH3 is 1. The Kier molecular flexibility index (Phi) is 11.5. The second kappa shape index (κ2) is 13.5. The van der Waals surface area contributed by atoms with E-state index in [1.54, 1.807) is 13.2 Å². The molecule has 0 saturated heterocycles. The molecule has 3 heteroatoms. The van der Waals surface area contributed by atoms with Crippen molar-refractivity contribution < 1.29 is 9.53 Å². The van der Waals surface area contributed by atoms with Crippen LogP contribution in [0.1, 0.15) is 70.8 Å². The van der Waals surface area contributed by atoms with Crippen molar-refractivity contribution in [3.63, 3.8) is 0 Å². The Morgan fingerprint density at radius 3 is 1.96 bits per heavy atom. The monoisotopic (exact) mass is 345 g/mol. The van der Waals surface area contributed by atoms with Crippen LogP contribution in [0.3, 0.4) is 0 Å². The number of hydrogen-bond donors (Lipinski definition) is 0. The lowest BCUT2D eigenvalue weighted by Crippen LogP contribution is -2.31. The highest BCUT2D eigenvalue weighted by molar-refractivity contribution is 5.91. The van der Waals surface area contributed by atoms with Crippen molar-refractivity contribution >= 4 is 12.0 Å². The van der Waals surface area contributed by atoms with Gasteiger partial charge in [0, 0.05) is 19.2 Å². The maximum atomic E-state index is 12.6. The van der Waals surface area contributed by atoms with Gasteiger partial charge in [0.2, 0.25) is 5.91 Å². The van der Waals surface area contributed by atoms with Crippen molar-refractivity contribution in [1.29, 1.82) is 0 Å². The minimum Gasteiger partial charge on any atom is -0.497 e. The van der Waals surface area contributed by atoms with Crippen LogP contribution in [0, 0.1) is 0 Å². The first-order valence-electron chi connectivity index (χ1n) is 9.82. The largest absolute Gasteiger partial charge is 0.497 e. The highest BCUT2D eigenvalue weighted by Gasteiger charge is 2.09. The van der Waals surface area contributed by atoms with Gasteiger partial charge in [0.05, 0.1) is 7.11 Å². The molecule has 0 fully saturated rings. The van der Waals surface area contributed by atoms with Gasteiger partial charge in [-0.2, -0.15) is 0 Å². The molecular weight excluding hydrogens is 310 g/mol. The molecule has 25 heavy (non-hydrogen) atoms. The lowest BCUT2D eigenvalue weighted by atomic mass is 10.1. The number of unbranched alkanes of at least 4 members (excludes halogenated alkanes) is 6. The van der Waals surface area contributed by atoms with Crippen LogP contribution in [-0.2, 0) is 4.79 Å². The minimum absolute atomic E-state index is 0.129. The predicted molar refractivity (Wildman–Crippen MR) is 107 cm³/mol. The Labute approximate surface area is 154 Å². The minimum atomic E-state index is 0.129. The third-order valence-electron chi connectivity index (χ3n) is 4.41. The Bertz CT molecular complexity index is 481. The van der Waals surface area contributed by atoms with Gasteiger partial charge < -0.3 is 9.64 Å². The molecule has 140 valence electrons. The first-order chi connectivity index (χ1) is 12.2. The summed E-state index contributed by atoms with van der Waals surface area (Å²) in [5.41, 5.74) is 1.02. The Morgan fingerprint density at radius 2 is 1.48 bits per heavy atom. The summed E-state index contributed by atoms with van der Waals surface area (Å²) in [6.07, 6.45) is 13.2. The highest BCUT2D eigenvalue weighted by Crippen LogP contribution is 2.13. The molecule has 0 spiro atoms. The van der Waals surface area contributed by atoms with Crippen molar-refractivity contribution in [3.8, 4) is 5.75 Å². The highest BCUT2D eigenvalue weighted by atomic mass is 16.5. The maximum Gasteiger partial charge on any atom is 0.246 e. The number of ether oxygens (including phenoxy) is 1. The van der Waals surface area contributed by atoms with Gasteiger partial charge in [-0.3, -0.25) is 4.79 Å². The predicted octanol–water partition coefficient (Wildman–Crippen LogP) is 5.70. The Balaban J connectivity index is 2.56. The fourth-order valence-corrected chi connectivity index (χ4v) is 2.78. The van der Waals surface area contributed by atoms with E-state index in [2.05, 4.69) is 13.8 Å². The van der Waals surface area contributed by atoms with Crippen LogP contribution in [-0.4, -0.2) is 31.0 Å². The zero-order chi connectivity index (χ0) is 18.3. The fraction of sp³-hybridized carbons (Fsp3) is 0.591. The molecule has 0 aliphatic rings. The molecular formula is C22H35NO2. The van der Waals surface area contributed by atoms with Crippen LogP contribution in [0.5, 0.6) is 5.75 Å². The molecule has 0 unspecified atom stereocenters. The van der Waals surface area contributed by atoms with Gasteiger partial charge >= 0.3 is 0 Å². The molecule has 3 nitrogen and oxygen atoms in total. The molecule has 1 rings (SSSR count). The van der Waals surface area contributed by atoms with Crippen LogP contribution in [0.4, 0.5) is 0 Å². The van der Waals surface area contributed by atoms with E-state index in [1.807, 2.05) is 35.2 Å². The standard InChI is InChI=1S/C22H35NO2/c1-4-6-8-10-18-23(19-11-9-7-5-2)22(24)17-14-20-12-15-21(25-3)16-13-20/h12-17H,4-11,18-19H2,1-3H3/b17-14+. The van der Waals surface area contributed by atoms with Crippen LogP contribution in [0.15, 0.2) is 30.3 Å². The SMILES string of the molecule is CCCCCCN(CCCCCC)C(=O)/C=C/c1ccc(OC)cc1. The maximum absolute atomic E-state index is 12.6. The van der Waals surface area contributed by atoms with Gasteiger partial charge in [-0.25, -0.2) is 0 Å².